The number of rotatable bonds is 13. The monoisotopic (exact) mass is 1030 g/mol. The van der Waals surface area contributed by atoms with E-state index in [1.807, 2.05) is 0 Å². The van der Waals surface area contributed by atoms with E-state index in [9.17, 15) is 0 Å². The van der Waals surface area contributed by atoms with Crippen molar-refractivity contribution in [2.24, 2.45) is 23.7 Å². The Bertz CT molecular complexity index is 1160. The van der Waals surface area contributed by atoms with Gasteiger partial charge in [-0.25, -0.2) is 0 Å². The number of hydrogen-bond acceptors (Lipinski definition) is 0. The molecule has 0 aromatic heterocycles. The minimum Gasteiger partial charge on any atom is 4.00 e. The zero-order chi connectivity index (χ0) is 35.9. The predicted molar refractivity (Wildman–Crippen MR) is 269 cm³/mol. The molecule has 0 N–H and O–H groups in total. The molecular weight excluding hydrogens is 938 g/mol. The fraction of sp³-hybridized carbons (Fsp3) is 0.640. The van der Waals surface area contributed by atoms with E-state index in [-0.39, 0.29) is 70.8 Å². The van der Waals surface area contributed by atoms with E-state index >= 15 is 0 Å². The van der Waals surface area contributed by atoms with Crippen molar-refractivity contribution in [3.8, 4) is 0 Å². The Kier molecular flexibility index (Phi) is 39.8. The van der Waals surface area contributed by atoms with Crippen LogP contribution in [0.25, 0.3) is 0 Å². The van der Waals surface area contributed by atoms with Crippen LogP contribution >= 0.6 is 17.0 Å². The molecule has 4 aliphatic carbocycles. The number of hydrogen-bond donors (Lipinski definition) is 0. The summed E-state index contributed by atoms with van der Waals surface area (Å²) in [6.07, 6.45) is 25.7. The fourth-order valence-corrected chi connectivity index (χ4v) is 23.8. The molecule has 0 spiro atoms. The molecule has 0 bridgehead atoms. The van der Waals surface area contributed by atoms with E-state index in [1.165, 1.54) is 57.8 Å². The van der Waals surface area contributed by atoms with E-state index < -0.39 is 46.5 Å². The maximum atomic E-state index is 4.93. The van der Waals surface area contributed by atoms with Crippen LogP contribution in [0.3, 0.4) is 0 Å². The molecule has 4 fully saturated rings. The quantitative estimate of drug-likeness (QED) is 0.139. The van der Waals surface area contributed by atoms with Gasteiger partial charge in [-0.3, -0.25) is 0 Å². The second-order valence-corrected chi connectivity index (χ2v) is 34.9. The van der Waals surface area contributed by atoms with Gasteiger partial charge in [-0.2, -0.15) is 0 Å². The van der Waals surface area contributed by atoms with Crippen molar-refractivity contribution in [2.45, 2.75) is 178 Å². The largest absolute Gasteiger partial charge is 4.00 e. The van der Waals surface area contributed by atoms with Gasteiger partial charge in [0.2, 0.25) is 0 Å². The molecule has 326 valence electrons. The number of benzene rings is 2. The van der Waals surface area contributed by atoms with Gasteiger partial charge in [-0.1, -0.05) is 207 Å². The minimum atomic E-state index is -0.899. The summed E-state index contributed by atoms with van der Waals surface area (Å²) in [6.45, 7) is 14.8. The molecule has 0 radical (unpaired) electrons. The molecule has 0 amide bonds. The third-order valence-electron chi connectivity index (χ3n) is 13.6. The third-order valence-corrected chi connectivity index (χ3v) is 24.2. The van der Waals surface area contributed by atoms with Crippen molar-refractivity contribution in [1.82, 2.24) is 0 Å². The molecule has 4 saturated carbocycles. The van der Waals surface area contributed by atoms with Gasteiger partial charge in [0.1, 0.15) is 0 Å². The molecule has 2 aromatic rings. The van der Waals surface area contributed by atoms with Crippen LogP contribution in [-0.4, -0.2) is 25.7 Å². The maximum absolute atomic E-state index is 4.93. The average molecular weight is 1030 g/mol. The Hall–Kier alpha value is 1.44. The molecule has 7 heteroatoms. The molecule has 9 unspecified atom stereocenters. The zero-order valence-electron chi connectivity index (χ0n) is 39.5. The van der Waals surface area contributed by atoms with Crippen LogP contribution in [-0.2, 0) is 47.1 Å². The summed E-state index contributed by atoms with van der Waals surface area (Å²) in [6, 6.07) is 25.1. The van der Waals surface area contributed by atoms with E-state index in [1.54, 1.807) is 67.8 Å². The van der Waals surface area contributed by atoms with Crippen molar-refractivity contribution in [1.29, 1.82) is 0 Å². The molecule has 6 rings (SSSR count). The van der Waals surface area contributed by atoms with Gasteiger partial charge in [0.05, 0.1) is 17.6 Å². The first-order valence-corrected chi connectivity index (χ1v) is 35.1. The molecule has 0 saturated heterocycles. The fourth-order valence-electron chi connectivity index (χ4n) is 11.7. The Balaban J connectivity index is -0.000000413. The van der Waals surface area contributed by atoms with Gasteiger partial charge in [-0.15, -0.1) is 0 Å². The Morgan fingerprint density at radius 2 is 0.807 bits per heavy atom. The summed E-state index contributed by atoms with van der Waals surface area (Å²) >= 11 is -0.826. The first-order chi connectivity index (χ1) is 24.2. The third kappa shape index (κ3) is 21.6. The summed E-state index contributed by atoms with van der Waals surface area (Å²) in [5.41, 5.74) is 4.38. The Morgan fingerprint density at radius 3 is 1.11 bits per heavy atom. The van der Waals surface area contributed by atoms with E-state index in [4.69, 9.17) is 17.0 Å². The summed E-state index contributed by atoms with van der Waals surface area (Å²) in [7, 11) is 7.30. The first-order valence-electron chi connectivity index (χ1n) is 21.2. The van der Waals surface area contributed by atoms with Gasteiger partial charge in [-0.05, 0) is 65.1 Å². The van der Waals surface area contributed by atoms with Crippen molar-refractivity contribution in [2.75, 3.05) is 0 Å². The van der Waals surface area contributed by atoms with Crippen LogP contribution in [0.4, 0.5) is 0 Å². The standard InChI is InChI=1S/C22H38Si2.C22H36Si.6CH3.2ClH.2Zr/c1-5-18-11-13-21(15-18)23(20-9-7-6-8-10-20)22-14-12-19(16-22)17-24(2,3)4;1-3-8-18-12-14-21(16-18)23(20-10-6-5-7-11-20)22-15-13-19(17-22)9-4-2;;;;;;;;;;/h6-10,18-19,21-23H,5,11-17H2,1-4H3;5-7,10-11,18-19,21-23H,3-4,8-9,12-17H2,1-2H3;6*1H3;2*1H;;/q;;6*-1;;;2*+4/p-2. The molecule has 0 nitrogen and oxygen atoms in total. The first kappa shape index (κ1) is 65.1. The second-order valence-electron chi connectivity index (χ2n) is 18.5. The summed E-state index contributed by atoms with van der Waals surface area (Å²) in [5.74, 6) is 4.20. The van der Waals surface area contributed by atoms with Gasteiger partial charge in [0.15, 0.2) is 0 Å². The molecule has 0 heterocycles. The van der Waals surface area contributed by atoms with Crippen molar-refractivity contribution in [3.05, 3.63) is 105 Å². The normalized spacial score (nSPS) is 26.7. The summed E-state index contributed by atoms with van der Waals surface area (Å²) < 4.78 is 0. The summed E-state index contributed by atoms with van der Waals surface area (Å²) in [4.78, 5) is 0. The predicted octanol–water partition coefficient (Wildman–Crippen LogP) is 16.3. The maximum Gasteiger partial charge on any atom is 4.00 e. The van der Waals surface area contributed by atoms with Crippen molar-refractivity contribution in [3.63, 3.8) is 0 Å². The van der Waals surface area contributed by atoms with Gasteiger partial charge >= 0.3 is 64.1 Å². The van der Waals surface area contributed by atoms with Crippen LogP contribution in [0.1, 0.15) is 130 Å². The van der Waals surface area contributed by atoms with Gasteiger partial charge in [0, 0.05) is 8.07 Å². The molecule has 9 atom stereocenters. The van der Waals surface area contributed by atoms with Gasteiger partial charge < -0.3 is 44.6 Å². The smallest absolute Gasteiger partial charge is 4.00 e. The Labute approximate surface area is 402 Å². The van der Waals surface area contributed by atoms with Crippen LogP contribution in [0.5, 0.6) is 0 Å². The summed E-state index contributed by atoms with van der Waals surface area (Å²) in [5, 5.41) is 3.58. The Morgan fingerprint density at radius 1 is 0.509 bits per heavy atom. The van der Waals surface area contributed by atoms with E-state index in [0.29, 0.717) is 0 Å². The topological polar surface area (TPSA) is 0 Å². The second kappa shape index (κ2) is 34.9. The molecule has 57 heavy (non-hydrogen) atoms. The zero-order valence-corrected chi connectivity index (χ0v) is 49.3. The average Bonchev–Trinajstić information content (AvgIpc) is 3.93. The van der Waals surface area contributed by atoms with E-state index in [2.05, 4.69) is 101 Å². The number of halogens is 2. The van der Waals surface area contributed by atoms with Crippen molar-refractivity contribution < 1.29 is 47.1 Å². The van der Waals surface area contributed by atoms with Crippen LogP contribution in [0.2, 0.25) is 47.8 Å². The molecular formula is C50H92Cl2Si3Zr2. The SMILES string of the molecule is CCC1CCC([SiH](c2ccccc2)C2CCC(C[Si](C)(C)C)C2)C1.CCCC1CCC([SiH](c2ccccc2)C2CCC(CCC)C2)C1.[CH3-].[CH3-].[CH3-].[CH3-].[CH3-].[CH3-].[Cl][Zr+2][Cl].[Zr+4]. The van der Waals surface area contributed by atoms with E-state index in [0.717, 1.165) is 45.8 Å². The molecule has 2 aromatic carbocycles. The molecule has 4 aliphatic rings. The van der Waals surface area contributed by atoms with Crippen LogP contribution in [0.15, 0.2) is 60.7 Å². The van der Waals surface area contributed by atoms with Crippen molar-refractivity contribution >= 4 is 53.1 Å². The van der Waals surface area contributed by atoms with Crippen LogP contribution in [0, 0.1) is 68.2 Å². The van der Waals surface area contributed by atoms with Gasteiger partial charge in [0.25, 0.3) is 0 Å². The minimum absolute atomic E-state index is 0. The van der Waals surface area contributed by atoms with Crippen LogP contribution < -0.4 is 10.4 Å². The molecule has 0 aliphatic heterocycles.